The first-order valence-electron chi connectivity index (χ1n) is 19.0. The number of alkyl halides is 1. The van der Waals surface area contributed by atoms with Gasteiger partial charge in [0.05, 0.1) is 8.52 Å². The molecule has 0 atom stereocenters. The number of nitrogens with zero attached hydrogens (tertiary/aromatic N) is 1. The highest BCUT2D eigenvalue weighted by atomic mass is 35.5. The summed E-state index contributed by atoms with van der Waals surface area (Å²) in [7, 11) is 2.99. The molecule has 0 aromatic rings. The number of amides is 2. The van der Waals surface area contributed by atoms with Crippen LogP contribution < -0.4 is 10.6 Å². The average molecular weight is 770 g/mol. The van der Waals surface area contributed by atoms with Crippen molar-refractivity contribution in [1.82, 2.24) is 15.5 Å². The van der Waals surface area contributed by atoms with Crippen molar-refractivity contribution in [2.24, 2.45) is 32.5 Å². The van der Waals surface area contributed by atoms with E-state index in [1.54, 1.807) is 0 Å². The van der Waals surface area contributed by atoms with Crippen LogP contribution in [0.3, 0.4) is 0 Å². The van der Waals surface area contributed by atoms with Crippen LogP contribution in [0.2, 0.25) is 0 Å². The van der Waals surface area contributed by atoms with Crippen LogP contribution >= 0.6 is 24.8 Å². The average Bonchev–Trinajstić information content (AvgIpc) is 2.67. The molecule has 7 nitrogen and oxygen atoms in total. The molecule has 9 saturated carbocycles. The van der Waals surface area contributed by atoms with Crippen molar-refractivity contribution in [1.29, 1.82) is 0 Å². The van der Waals surface area contributed by atoms with Crippen LogP contribution in [-0.4, -0.2) is 66.2 Å². The minimum Gasteiger partial charge on any atom is -0.444 e. The molecule has 0 heterocycles. The van der Waals surface area contributed by atoms with Crippen molar-refractivity contribution in [3.8, 4) is 0 Å². The van der Waals surface area contributed by atoms with Gasteiger partial charge in [-0.1, -0.05) is 69.7 Å². The number of nitrogens with one attached hydrogen (secondary N) is 2. The Hall–Kier alpha value is -0.990. The SMILES string of the molecule is C.CC(C)(C)OC(=O)NC12CC(C(C)(C)C)(C1)C2.CN(C(=O)OC(C)(C)C)C12CC(C(C)(C)C)(C1)C2.CNC12CC(C(C)(C)C)(C1)C2.Cl.Cl.[2H]CF. The summed E-state index contributed by atoms with van der Waals surface area (Å²) in [6, 6.07) is 0. The molecule has 0 unspecified atom stereocenters. The molecule has 10 heteroatoms. The van der Waals surface area contributed by atoms with Gasteiger partial charge in [0, 0.05) is 23.7 Å². The summed E-state index contributed by atoms with van der Waals surface area (Å²) in [6.45, 7) is 32.4. The Bertz CT molecular complexity index is 1180. The fourth-order valence-corrected chi connectivity index (χ4v) is 9.49. The van der Waals surface area contributed by atoms with E-state index in [9.17, 15) is 14.0 Å². The van der Waals surface area contributed by atoms with Crippen LogP contribution in [0.4, 0.5) is 14.0 Å². The Morgan fingerprint density at radius 3 is 1.20 bits per heavy atom. The van der Waals surface area contributed by atoms with Crippen molar-refractivity contribution in [3.05, 3.63) is 0 Å². The Kier molecular flexibility index (Phi) is 14.1. The Morgan fingerprint density at radius 2 is 0.922 bits per heavy atom. The maximum absolute atomic E-state index is 12.1. The van der Waals surface area contributed by atoms with E-state index in [1.165, 1.54) is 19.3 Å². The second-order valence-electron chi connectivity index (χ2n) is 21.9. The topological polar surface area (TPSA) is 79.9 Å². The number of carbonyl (C=O) groups is 2. The molecule has 0 saturated heterocycles. The van der Waals surface area contributed by atoms with E-state index in [4.69, 9.17) is 10.8 Å². The fraction of sp³-hybridized carbons (Fsp3) is 0.951. The number of rotatable bonds is 3. The van der Waals surface area contributed by atoms with Gasteiger partial charge in [0.25, 0.3) is 0 Å². The van der Waals surface area contributed by atoms with Crippen LogP contribution in [0.15, 0.2) is 0 Å². The van der Waals surface area contributed by atoms with Gasteiger partial charge in [0.1, 0.15) is 11.2 Å². The van der Waals surface area contributed by atoms with E-state index < -0.39 is 18.4 Å². The molecule has 9 rings (SSSR count). The lowest BCUT2D eigenvalue weighted by Crippen LogP contribution is -2.78. The molecule has 9 fully saturated rings. The third-order valence-corrected chi connectivity index (χ3v) is 13.5. The summed E-state index contributed by atoms with van der Waals surface area (Å²) in [4.78, 5) is 25.6. The highest BCUT2D eigenvalue weighted by molar-refractivity contribution is 5.85. The van der Waals surface area contributed by atoms with Crippen molar-refractivity contribution < 1.29 is 24.8 Å². The third kappa shape index (κ3) is 9.28. The molecule has 6 bridgehead atoms. The highest BCUT2D eigenvalue weighted by Crippen LogP contribution is 2.76. The largest absolute Gasteiger partial charge is 0.444 e. The van der Waals surface area contributed by atoms with E-state index in [0.29, 0.717) is 38.0 Å². The predicted octanol–water partition coefficient (Wildman–Crippen LogP) is 11.5. The van der Waals surface area contributed by atoms with Crippen LogP contribution in [0.1, 0.15) is 170 Å². The molecule has 9 aliphatic rings. The molecular weight excluding hydrogens is 688 g/mol. The van der Waals surface area contributed by atoms with Gasteiger partial charge in [-0.2, -0.15) is 0 Å². The first-order chi connectivity index (χ1) is 21.7. The summed E-state index contributed by atoms with van der Waals surface area (Å²) in [6.07, 6.45) is 10.6. The number of hydrogen-bond acceptors (Lipinski definition) is 5. The van der Waals surface area contributed by atoms with E-state index >= 15 is 0 Å². The standard InChI is InChI=1S/C15H27NO2.C14H25NO2.C10H19N.CH3F.CH4.2ClH/c1-12(2,3)14-8-15(9-14,10-14)16(7)11(17)18-13(4,5)6;1-11(2,3)13-7-14(8-13,9-13)15-10(16)17-12(4,5)6;1-8(2,3)9-5-10(6-9,7-9)11-4;1-2;;;/h8-10H2,1-7H3;7-9H2,1-6H3,(H,15,16);11H,5-7H2,1-4H3;1H3;1H4;2*1H/i;;;1D;;;. The van der Waals surface area contributed by atoms with Crippen LogP contribution in [-0.2, 0) is 9.47 Å². The summed E-state index contributed by atoms with van der Waals surface area (Å²) >= 11 is 0. The second kappa shape index (κ2) is 14.9. The summed E-state index contributed by atoms with van der Waals surface area (Å²) in [5.74, 6) is 0. The molecule has 9 aliphatic carbocycles. The highest BCUT2D eigenvalue weighted by Gasteiger charge is 2.74. The van der Waals surface area contributed by atoms with Gasteiger partial charge in [-0.25, -0.2) is 9.59 Å². The van der Waals surface area contributed by atoms with E-state index in [2.05, 4.69) is 80.0 Å². The zero-order valence-corrected chi connectivity index (χ0v) is 36.5. The lowest BCUT2D eigenvalue weighted by molar-refractivity contribution is -0.254. The van der Waals surface area contributed by atoms with Gasteiger partial charge in [-0.15, -0.1) is 24.8 Å². The molecular formula is C41H80Cl2FN3O4. The normalized spacial score (nSPS) is 34.7. The van der Waals surface area contributed by atoms with Crippen molar-refractivity contribution in [3.63, 3.8) is 0 Å². The quantitative estimate of drug-likeness (QED) is 0.299. The van der Waals surface area contributed by atoms with E-state index in [0.717, 1.165) is 38.5 Å². The van der Waals surface area contributed by atoms with Gasteiger partial charge in [0.15, 0.2) is 0 Å². The fourth-order valence-electron chi connectivity index (χ4n) is 9.49. The first-order valence-corrected chi connectivity index (χ1v) is 18.3. The van der Waals surface area contributed by atoms with Crippen LogP contribution in [0.5, 0.6) is 0 Å². The molecule has 0 aromatic carbocycles. The van der Waals surface area contributed by atoms with Crippen molar-refractivity contribution >= 4 is 37.0 Å². The van der Waals surface area contributed by atoms with Gasteiger partial charge in [-0.3, -0.25) is 4.39 Å². The molecule has 0 spiro atoms. The van der Waals surface area contributed by atoms with E-state index in [1.807, 2.05) is 53.5 Å². The smallest absolute Gasteiger partial charge is 0.410 e. The maximum Gasteiger partial charge on any atom is 0.410 e. The molecule has 0 aliphatic heterocycles. The zero-order chi connectivity index (χ0) is 38.1. The van der Waals surface area contributed by atoms with Crippen LogP contribution in [0.25, 0.3) is 0 Å². The number of alkyl carbamates (subject to hydrolysis) is 1. The van der Waals surface area contributed by atoms with Crippen molar-refractivity contribution in [2.75, 3.05) is 21.2 Å². The molecule has 51 heavy (non-hydrogen) atoms. The monoisotopic (exact) mass is 769 g/mol. The first kappa shape index (κ1) is 48.0. The lowest BCUT2D eigenvalue weighted by atomic mass is 9.32. The number of carbonyl (C=O) groups excluding carboxylic acids is 2. The molecule has 304 valence electrons. The maximum atomic E-state index is 12.1. The van der Waals surface area contributed by atoms with Gasteiger partial charge in [0.2, 0.25) is 0 Å². The molecule has 0 aromatic heterocycles. The Morgan fingerprint density at radius 1 is 0.627 bits per heavy atom. The van der Waals surface area contributed by atoms with Crippen molar-refractivity contribution in [2.45, 2.75) is 197 Å². The number of halogens is 3. The third-order valence-electron chi connectivity index (χ3n) is 13.5. The predicted molar refractivity (Wildman–Crippen MR) is 216 cm³/mol. The molecule has 2 amide bonds. The van der Waals surface area contributed by atoms with Gasteiger partial charge in [-0.05, 0) is 139 Å². The van der Waals surface area contributed by atoms with Gasteiger partial charge < -0.3 is 25.0 Å². The second-order valence-corrected chi connectivity index (χ2v) is 21.9. The molecule has 0 radical (unpaired) electrons. The summed E-state index contributed by atoms with van der Waals surface area (Å²) < 4.78 is 26.3. The minimum absolute atomic E-state index is 0. The number of ether oxygens (including phenoxy) is 2. The summed E-state index contributed by atoms with van der Waals surface area (Å²) in [5.41, 5.74) is 2.77. The molecule has 2 N–H and O–H groups in total. The van der Waals surface area contributed by atoms with Gasteiger partial charge >= 0.3 is 12.2 Å². The van der Waals surface area contributed by atoms with Crippen LogP contribution in [0, 0.1) is 32.5 Å². The number of hydrogen-bond donors (Lipinski definition) is 2. The minimum atomic E-state index is -1.00. The Labute approximate surface area is 327 Å². The lowest BCUT2D eigenvalue weighted by Gasteiger charge is -2.77. The summed E-state index contributed by atoms with van der Waals surface area (Å²) in [5, 5.41) is 6.49. The zero-order valence-electron chi connectivity index (χ0n) is 35.8. The Balaban J connectivity index is 0.000000717. The van der Waals surface area contributed by atoms with E-state index in [-0.39, 0.29) is 55.5 Å².